The zero-order valence-electron chi connectivity index (χ0n) is 6.92. The SMILES string of the molecule is CC(Br)C(=O)c1cccc(Br)c1O. The van der Waals surface area contributed by atoms with Gasteiger partial charge in [-0.2, -0.15) is 0 Å². The molecule has 0 radical (unpaired) electrons. The Morgan fingerprint density at radius 3 is 2.69 bits per heavy atom. The molecule has 1 aromatic rings. The summed E-state index contributed by atoms with van der Waals surface area (Å²) in [5, 5.41) is 9.53. The molecule has 0 saturated heterocycles. The Morgan fingerprint density at radius 2 is 2.15 bits per heavy atom. The number of carbonyl (C=O) groups excluding carboxylic acids is 1. The van der Waals surface area contributed by atoms with E-state index in [-0.39, 0.29) is 16.4 Å². The second-order valence-electron chi connectivity index (χ2n) is 2.62. The highest BCUT2D eigenvalue weighted by molar-refractivity contribution is 9.10. The number of Topliss-reactive ketones (excluding diaryl/α,β-unsaturated/α-hetero) is 1. The standard InChI is InChI=1S/C9H8Br2O2/c1-5(10)8(12)6-3-2-4-7(11)9(6)13/h2-5,13H,1H3. The third-order valence-electron chi connectivity index (χ3n) is 1.61. The van der Waals surface area contributed by atoms with Crippen LogP contribution in [0.3, 0.4) is 0 Å². The van der Waals surface area contributed by atoms with Gasteiger partial charge in [-0.3, -0.25) is 4.79 Å². The minimum absolute atomic E-state index is 0.00111. The van der Waals surface area contributed by atoms with Gasteiger partial charge in [0.15, 0.2) is 5.78 Å². The van der Waals surface area contributed by atoms with Crippen molar-refractivity contribution in [1.29, 1.82) is 0 Å². The van der Waals surface area contributed by atoms with Gasteiger partial charge < -0.3 is 5.11 Å². The fourth-order valence-electron chi connectivity index (χ4n) is 0.928. The molecule has 1 unspecified atom stereocenters. The average Bonchev–Trinajstić information content (AvgIpc) is 2.08. The van der Waals surface area contributed by atoms with Gasteiger partial charge in [-0.05, 0) is 35.0 Å². The van der Waals surface area contributed by atoms with Gasteiger partial charge in [0.05, 0.1) is 14.9 Å². The molecule has 70 valence electrons. The third kappa shape index (κ3) is 2.31. The van der Waals surface area contributed by atoms with Crippen LogP contribution < -0.4 is 0 Å². The van der Waals surface area contributed by atoms with Crippen molar-refractivity contribution >= 4 is 37.6 Å². The van der Waals surface area contributed by atoms with E-state index >= 15 is 0 Å². The zero-order chi connectivity index (χ0) is 10.0. The minimum atomic E-state index is -0.285. The predicted octanol–water partition coefficient (Wildman–Crippen LogP) is 3.12. The number of rotatable bonds is 2. The van der Waals surface area contributed by atoms with E-state index in [0.717, 1.165) is 0 Å². The summed E-state index contributed by atoms with van der Waals surface area (Å²) in [5.74, 6) is -0.127. The molecule has 13 heavy (non-hydrogen) atoms. The summed E-state index contributed by atoms with van der Waals surface area (Å²) in [6, 6.07) is 5.00. The second kappa shape index (κ2) is 4.24. The molecule has 2 nitrogen and oxygen atoms in total. The number of phenols is 1. The largest absolute Gasteiger partial charge is 0.506 e. The van der Waals surface area contributed by atoms with E-state index < -0.39 is 0 Å². The number of aromatic hydroxyl groups is 1. The van der Waals surface area contributed by atoms with Crippen LogP contribution >= 0.6 is 31.9 Å². The Bertz CT molecular complexity index is 334. The summed E-state index contributed by atoms with van der Waals surface area (Å²) in [5.41, 5.74) is 0.332. The van der Waals surface area contributed by atoms with Crippen LogP contribution in [-0.4, -0.2) is 15.7 Å². The number of halogens is 2. The summed E-state index contributed by atoms with van der Waals surface area (Å²) in [6.07, 6.45) is 0. The maximum atomic E-state index is 11.5. The quantitative estimate of drug-likeness (QED) is 0.673. The van der Waals surface area contributed by atoms with Gasteiger partial charge in [0.1, 0.15) is 5.75 Å². The van der Waals surface area contributed by atoms with Crippen LogP contribution in [0, 0.1) is 0 Å². The van der Waals surface area contributed by atoms with Crippen molar-refractivity contribution in [2.45, 2.75) is 11.8 Å². The second-order valence-corrected chi connectivity index (χ2v) is 4.84. The summed E-state index contributed by atoms with van der Waals surface area (Å²) in [7, 11) is 0. The Labute approximate surface area is 93.2 Å². The molecule has 0 bridgehead atoms. The molecule has 0 heterocycles. The lowest BCUT2D eigenvalue weighted by Crippen LogP contribution is -2.10. The number of phenolic OH excluding ortho intramolecular Hbond substituents is 1. The summed E-state index contributed by atoms with van der Waals surface area (Å²) in [4.78, 5) is 11.2. The lowest BCUT2D eigenvalue weighted by atomic mass is 10.1. The molecule has 0 amide bonds. The summed E-state index contributed by atoms with van der Waals surface area (Å²) >= 11 is 6.31. The molecule has 0 spiro atoms. The van der Waals surface area contributed by atoms with E-state index in [1.54, 1.807) is 25.1 Å². The van der Waals surface area contributed by atoms with Crippen molar-refractivity contribution in [1.82, 2.24) is 0 Å². The van der Waals surface area contributed by atoms with Crippen LogP contribution in [0.15, 0.2) is 22.7 Å². The van der Waals surface area contributed by atoms with E-state index in [0.29, 0.717) is 10.0 Å². The maximum absolute atomic E-state index is 11.5. The van der Waals surface area contributed by atoms with Crippen molar-refractivity contribution in [3.63, 3.8) is 0 Å². The molecule has 4 heteroatoms. The first kappa shape index (κ1) is 10.7. The average molecular weight is 308 g/mol. The van der Waals surface area contributed by atoms with E-state index in [1.807, 2.05) is 0 Å². The number of hydrogen-bond donors (Lipinski definition) is 1. The zero-order valence-corrected chi connectivity index (χ0v) is 10.1. The minimum Gasteiger partial charge on any atom is -0.506 e. The molecule has 1 N–H and O–H groups in total. The fraction of sp³-hybridized carbons (Fsp3) is 0.222. The number of benzene rings is 1. The van der Waals surface area contributed by atoms with E-state index in [9.17, 15) is 9.90 Å². The first-order chi connectivity index (χ1) is 6.04. The normalized spacial score (nSPS) is 12.5. The highest BCUT2D eigenvalue weighted by atomic mass is 79.9. The Kier molecular flexibility index (Phi) is 3.50. The van der Waals surface area contributed by atoms with Crippen molar-refractivity contribution in [3.05, 3.63) is 28.2 Å². The lowest BCUT2D eigenvalue weighted by Gasteiger charge is -2.06. The number of carbonyl (C=O) groups is 1. The molecular weight excluding hydrogens is 300 g/mol. The molecule has 1 aromatic carbocycles. The van der Waals surface area contributed by atoms with Crippen molar-refractivity contribution in [2.75, 3.05) is 0 Å². The molecule has 1 rings (SSSR count). The Balaban J connectivity index is 3.15. The first-order valence-electron chi connectivity index (χ1n) is 3.69. The van der Waals surface area contributed by atoms with Crippen LogP contribution in [0.1, 0.15) is 17.3 Å². The molecule has 0 fully saturated rings. The maximum Gasteiger partial charge on any atom is 0.179 e. The van der Waals surface area contributed by atoms with Crippen LogP contribution in [0.25, 0.3) is 0 Å². The van der Waals surface area contributed by atoms with Crippen molar-refractivity contribution in [3.8, 4) is 5.75 Å². The predicted molar refractivity (Wildman–Crippen MR) is 58.5 cm³/mol. The van der Waals surface area contributed by atoms with Gasteiger partial charge in [-0.1, -0.05) is 22.0 Å². The molecule has 1 atom stereocenters. The van der Waals surface area contributed by atoms with Gasteiger partial charge in [-0.15, -0.1) is 0 Å². The molecule has 0 aliphatic heterocycles. The third-order valence-corrected chi connectivity index (χ3v) is 2.67. The van der Waals surface area contributed by atoms with Crippen molar-refractivity contribution in [2.24, 2.45) is 0 Å². The van der Waals surface area contributed by atoms with Crippen LogP contribution in [-0.2, 0) is 0 Å². The highest BCUT2D eigenvalue weighted by Gasteiger charge is 2.16. The van der Waals surface area contributed by atoms with Crippen LogP contribution in [0.5, 0.6) is 5.75 Å². The van der Waals surface area contributed by atoms with Crippen LogP contribution in [0.4, 0.5) is 0 Å². The molecule has 0 aliphatic rings. The van der Waals surface area contributed by atoms with Gasteiger partial charge in [0, 0.05) is 0 Å². The Morgan fingerprint density at radius 1 is 1.54 bits per heavy atom. The number of hydrogen-bond acceptors (Lipinski definition) is 2. The Hall–Kier alpha value is -0.350. The molecular formula is C9H8Br2O2. The number of ketones is 1. The molecule has 0 aromatic heterocycles. The number of alkyl halides is 1. The van der Waals surface area contributed by atoms with E-state index in [4.69, 9.17) is 0 Å². The van der Waals surface area contributed by atoms with Crippen LogP contribution in [0.2, 0.25) is 0 Å². The van der Waals surface area contributed by atoms with Gasteiger partial charge in [0.2, 0.25) is 0 Å². The van der Waals surface area contributed by atoms with Gasteiger partial charge >= 0.3 is 0 Å². The summed E-state index contributed by atoms with van der Waals surface area (Å²) in [6.45, 7) is 1.72. The number of para-hydroxylation sites is 1. The van der Waals surface area contributed by atoms with Crippen molar-refractivity contribution < 1.29 is 9.90 Å². The fourth-order valence-corrected chi connectivity index (χ4v) is 1.54. The highest BCUT2D eigenvalue weighted by Crippen LogP contribution is 2.28. The van der Waals surface area contributed by atoms with Gasteiger partial charge in [-0.25, -0.2) is 0 Å². The smallest absolute Gasteiger partial charge is 0.179 e. The molecule has 0 aliphatic carbocycles. The first-order valence-corrected chi connectivity index (χ1v) is 5.40. The summed E-state index contributed by atoms with van der Waals surface area (Å²) < 4.78 is 0.534. The molecule has 0 saturated carbocycles. The topological polar surface area (TPSA) is 37.3 Å². The van der Waals surface area contributed by atoms with E-state index in [2.05, 4.69) is 31.9 Å². The van der Waals surface area contributed by atoms with Gasteiger partial charge in [0.25, 0.3) is 0 Å². The monoisotopic (exact) mass is 306 g/mol. The van der Waals surface area contributed by atoms with E-state index in [1.165, 1.54) is 0 Å². The lowest BCUT2D eigenvalue weighted by molar-refractivity contribution is 0.0993.